The second-order valence-electron chi connectivity index (χ2n) is 9.78. The summed E-state index contributed by atoms with van der Waals surface area (Å²) >= 11 is 0. The normalized spacial score (nSPS) is 15.3. The third kappa shape index (κ3) is 9.05. The Morgan fingerprint density at radius 2 is 1.89 bits per heavy atom. The summed E-state index contributed by atoms with van der Waals surface area (Å²) in [6, 6.07) is 5.66. The number of methoxy groups -OCH3 is 1. The van der Waals surface area contributed by atoms with Crippen molar-refractivity contribution in [3.05, 3.63) is 35.6 Å². The summed E-state index contributed by atoms with van der Waals surface area (Å²) in [7, 11) is -2.15. The minimum atomic E-state index is -3.62. The first-order valence-corrected chi connectivity index (χ1v) is 13.5. The van der Waals surface area contributed by atoms with E-state index in [0.29, 0.717) is 31.5 Å². The number of halogens is 1. The van der Waals surface area contributed by atoms with Gasteiger partial charge in [-0.3, -0.25) is 4.79 Å². The standard InChI is InChI=1S/C24H39FN4O5S/c1-6-35(32,33)28(14-15-34-5)18-22(30)29(17-19-8-7-9-20(25)16-19)21-10-12-27(13-11-21)23(31)26-24(2,3)4/h7-9,16,21H,6,10-15,17-18H2,1-5H3,(H,26,31). The van der Waals surface area contributed by atoms with Crippen LogP contribution in [-0.4, -0.2) is 91.7 Å². The van der Waals surface area contributed by atoms with Crippen LogP contribution < -0.4 is 5.32 Å². The third-order valence-corrected chi connectivity index (χ3v) is 7.68. The first kappa shape index (κ1) is 29.0. The van der Waals surface area contributed by atoms with Gasteiger partial charge >= 0.3 is 6.03 Å². The molecule has 0 aromatic heterocycles. The highest BCUT2D eigenvalue weighted by atomic mass is 32.2. The van der Waals surface area contributed by atoms with Gasteiger partial charge in [-0.1, -0.05) is 12.1 Å². The third-order valence-electron chi connectivity index (χ3n) is 5.85. The highest BCUT2D eigenvalue weighted by Gasteiger charge is 2.33. The zero-order valence-electron chi connectivity index (χ0n) is 21.4. The van der Waals surface area contributed by atoms with Crippen LogP contribution in [0.5, 0.6) is 0 Å². The van der Waals surface area contributed by atoms with E-state index in [1.54, 1.807) is 21.9 Å². The molecule has 11 heteroatoms. The number of ether oxygens (including phenoxy) is 1. The molecule has 1 heterocycles. The summed E-state index contributed by atoms with van der Waals surface area (Å²) in [6.45, 7) is 8.25. The molecule has 1 aromatic rings. The number of hydrogen-bond acceptors (Lipinski definition) is 5. The van der Waals surface area contributed by atoms with E-state index in [2.05, 4.69) is 5.32 Å². The fourth-order valence-electron chi connectivity index (χ4n) is 3.97. The summed E-state index contributed by atoms with van der Waals surface area (Å²) in [5.74, 6) is -0.895. The van der Waals surface area contributed by atoms with Gasteiger partial charge in [0.1, 0.15) is 5.82 Å². The maximum Gasteiger partial charge on any atom is 0.317 e. The van der Waals surface area contributed by atoms with E-state index >= 15 is 0 Å². The number of benzene rings is 1. The molecule has 0 radical (unpaired) electrons. The van der Waals surface area contributed by atoms with Crippen LogP contribution in [0.1, 0.15) is 46.1 Å². The fraction of sp³-hybridized carbons (Fsp3) is 0.667. The van der Waals surface area contributed by atoms with Gasteiger partial charge in [0, 0.05) is 44.9 Å². The average Bonchev–Trinajstić information content (AvgIpc) is 2.79. The topological polar surface area (TPSA) is 99.3 Å². The SMILES string of the molecule is CCS(=O)(=O)N(CCOC)CC(=O)N(Cc1cccc(F)c1)C1CCN(C(=O)NC(C)(C)C)CC1. The lowest BCUT2D eigenvalue weighted by Gasteiger charge is -2.40. The number of urea groups is 1. The smallest absolute Gasteiger partial charge is 0.317 e. The van der Waals surface area contributed by atoms with Crippen molar-refractivity contribution in [1.82, 2.24) is 19.4 Å². The maximum atomic E-state index is 13.8. The van der Waals surface area contributed by atoms with E-state index in [0.717, 1.165) is 4.31 Å². The van der Waals surface area contributed by atoms with Crippen molar-refractivity contribution in [2.45, 2.75) is 58.7 Å². The molecular weight excluding hydrogens is 475 g/mol. The molecule has 0 aliphatic carbocycles. The maximum absolute atomic E-state index is 13.8. The van der Waals surface area contributed by atoms with Crippen molar-refractivity contribution < 1.29 is 27.1 Å². The zero-order chi connectivity index (χ0) is 26.2. The van der Waals surface area contributed by atoms with Gasteiger partial charge in [-0.05, 0) is 58.2 Å². The van der Waals surface area contributed by atoms with Crippen molar-refractivity contribution in [2.24, 2.45) is 0 Å². The van der Waals surface area contributed by atoms with Gasteiger partial charge in [0.05, 0.1) is 18.9 Å². The number of nitrogens with one attached hydrogen (secondary N) is 1. The number of nitrogens with zero attached hydrogens (tertiary/aromatic N) is 3. The first-order valence-electron chi connectivity index (χ1n) is 11.9. The van der Waals surface area contributed by atoms with E-state index in [4.69, 9.17) is 4.74 Å². The molecule has 1 aliphatic heterocycles. The number of likely N-dealkylation sites (tertiary alicyclic amines) is 1. The highest BCUT2D eigenvalue weighted by molar-refractivity contribution is 7.89. The van der Waals surface area contributed by atoms with Crippen molar-refractivity contribution >= 4 is 22.0 Å². The lowest BCUT2D eigenvalue weighted by atomic mass is 10.0. The lowest BCUT2D eigenvalue weighted by molar-refractivity contribution is -0.135. The summed E-state index contributed by atoms with van der Waals surface area (Å²) in [5.41, 5.74) is 0.261. The Balaban J connectivity index is 2.20. The van der Waals surface area contributed by atoms with E-state index in [1.165, 1.54) is 26.2 Å². The molecule has 1 N–H and O–H groups in total. The summed E-state index contributed by atoms with van der Waals surface area (Å²) in [4.78, 5) is 29.4. The number of amides is 3. The number of sulfonamides is 1. The lowest BCUT2D eigenvalue weighted by Crippen LogP contribution is -2.54. The van der Waals surface area contributed by atoms with Crippen molar-refractivity contribution in [3.8, 4) is 0 Å². The molecule has 0 saturated carbocycles. The number of hydrogen-bond donors (Lipinski definition) is 1. The van der Waals surface area contributed by atoms with Crippen LogP contribution in [0.15, 0.2) is 24.3 Å². The van der Waals surface area contributed by atoms with Crippen LogP contribution >= 0.6 is 0 Å². The van der Waals surface area contributed by atoms with Gasteiger partial charge in [-0.2, -0.15) is 4.31 Å². The second-order valence-corrected chi connectivity index (χ2v) is 12.0. The zero-order valence-corrected chi connectivity index (χ0v) is 22.2. The number of rotatable bonds is 10. The van der Waals surface area contributed by atoms with Crippen LogP contribution in [0.3, 0.4) is 0 Å². The Kier molecular flexibility index (Phi) is 10.5. The Morgan fingerprint density at radius 1 is 1.23 bits per heavy atom. The van der Waals surface area contributed by atoms with Crippen LogP contribution in [0.2, 0.25) is 0 Å². The van der Waals surface area contributed by atoms with E-state index < -0.39 is 15.8 Å². The predicted molar refractivity (Wildman–Crippen MR) is 133 cm³/mol. The van der Waals surface area contributed by atoms with Gasteiger partial charge in [-0.25, -0.2) is 17.6 Å². The Morgan fingerprint density at radius 3 is 2.43 bits per heavy atom. The fourth-order valence-corrected chi connectivity index (χ4v) is 4.99. The molecule has 0 unspecified atom stereocenters. The average molecular weight is 515 g/mol. The van der Waals surface area contributed by atoms with Crippen LogP contribution in [0.4, 0.5) is 9.18 Å². The van der Waals surface area contributed by atoms with Crippen LogP contribution in [0, 0.1) is 5.82 Å². The summed E-state index contributed by atoms with van der Waals surface area (Å²) < 4.78 is 45.2. The molecule has 1 aromatic carbocycles. The highest BCUT2D eigenvalue weighted by Crippen LogP contribution is 2.21. The second kappa shape index (κ2) is 12.6. The quantitative estimate of drug-likeness (QED) is 0.517. The molecule has 3 amide bonds. The molecule has 1 aliphatic rings. The Bertz CT molecular complexity index is 959. The first-order chi connectivity index (χ1) is 16.4. The van der Waals surface area contributed by atoms with Gasteiger partial charge in [-0.15, -0.1) is 0 Å². The van der Waals surface area contributed by atoms with E-state index in [-0.39, 0.29) is 55.5 Å². The van der Waals surface area contributed by atoms with Crippen LogP contribution in [-0.2, 0) is 26.1 Å². The van der Waals surface area contributed by atoms with Crippen molar-refractivity contribution in [2.75, 3.05) is 45.6 Å². The van der Waals surface area contributed by atoms with E-state index in [9.17, 15) is 22.4 Å². The number of piperidine rings is 1. The Labute approximate surface area is 208 Å². The van der Waals surface area contributed by atoms with E-state index in [1.807, 2.05) is 20.8 Å². The molecule has 0 atom stereocenters. The molecular formula is C24H39FN4O5S. The molecule has 1 fully saturated rings. The Hall–Kier alpha value is -2.24. The molecule has 1 saturated heterocycles. The molecule has 0 bridgehead atoms. The number of carbonyl (C=O) groups excluding carboxylic acids is 2. The van der Waals surface area contributed by atoms with Gasteiger partial charge in [0.25, 0.3) is 0 Å². The molecule has 9 nitrogen and oxygen atoms in total. The van der Waals surface area contributed by atoms with Gasteiger partial charge in [0.15, 0.2) is 0 Å². The van der Waals surface area contributed by atoms with Crippen LogP contribution in [0.25, 0.3) is 0 Å². The summed E-state index contributed by atoms with van der Waals surface area (Å²) in [6.07, 6.45) is 1.08. The largest absolute Gasteiger partial charge is 0.383 e. The minimum Gasteiger partial charge on any atom is -0.383 e. The minimum absolute atomic E-state index is 0.0671. The van der Waals surface area contributed by atoms with Gasteiger partial charge in [0.2, 0.25) is 15.9 Å². The molecule has 198 valence electrons. The monoisotopic (exact) mass is 514 g/mol. The summed E-state index contributed by atoms with van der Waals surface area (Å²) in [5, 5.41) is 2.95. The molecule has 2 rings (SSSR count). The molecule has 0 spiro atoms. The number of carbonyl (C=O) groups is 2. The molecule has 35 heavy (non-hydrogen) atoms. The predicted octanol–water partition coefficient (Wildman–Crippen LogP) is 2.42. The van der Waals surface area contributed by atoms with Gasteiger partial charge < -0.3 is 19.9 Å². The van der Waals surface area contributed by atoms with Crippen molar-refractivity contribution in [1.29, 1.82) is 0 Å². The van der Waals surface area contributed by atoms with Crippen molar-refractivity contribution in [3.63, 3.8) is 0 Å².